The maximum atomic E-state index is 12.9. The van der Waals surface area contributed by atoms with Gasteiger partial charge in [0.25, 0.3) is 5.56 Å². The van der Waals surface area contributed by atoms with Gasteiger partial charge in [0.1, 0.15) is 24.2 Å². The van der Waals surface area contributed by atoms with Crippen molar-refractivity contribution in [1.29, 1.82) is 0 Å². The molecular weight excluding hydrogens is 401 g/mol. The van der Waals surface area contributed by atoms with Crippen LogP contribution in [-0.2, 0) is 24.6 Å². The Morgan fingerprint density at radius 2 is 1.90 bits per heavy atom. The molecule has 1 amide bonds. The molecule has 3 aromatic rings. The molecule has 0 radical (unpaired) electrons. The van der Waals surface area contributed by atoms with Crippen molar-refractivity contribution >= 4 is 5.91 Å². The van der Waals surface area contributed by atoms with Gasteiger partial charge in [0, 0.05) is 31.7 Å². The summed E-state index contributed by atoms with van der Waals surface area (Å²) in [6.07, 6.45) is -0.722. The van der Waals surface area contributed by atoms with Crippen molar-refractivity contribution in [3.8, 4) is 5.75 Å². The third kappa shape index (κ3) is 4.70. The van der Waals surface area contributed by atoms with Crippen LogP contribution in [-0.4, -0.2) is 27.1 Å². The Balaban J connectivity index is 1.87. The molecule has 30 heavy (non-hydrogen) atoms. The molecule has 10 heteroatoms. The number of carbonyl (C=O) groups is 1. The van der Waals surface area contributed by atoms with E-state index in [4.69, 9.17) is 4.74 Å². The molecule has 1 atom stereocenters. The van der Waals surface area contributed by atoms with E-state index >= 15 is 0 Å². The molecule has 7 nitrogen and oxygen atoms in total. The Bertz CT molecular complexity index is 1090. The Morgan fingerprint density at radius 1 is 1.20 bits per heavy atom. The molecule has 2 heterocycles. The number of amides is 1. The zero-order chi connectivity index (χ0) is 21.9. The minimum absolute atomic E-state index is 0.518. The summed E-state index contributed by atoms with van der Waals surface area (Å²) in [5.74, 6) is 0.504. The minimum Gasteiger partial charge on any atom is -0.497 e. The van der Waals surface area contributed by atoms with Crippen LogP contribution in [0.1, 0.15) is 23.0 Å². The highest BCUT2D eigenvalue weighted by Gasteiger charge is 2.31. The van der Waals surface area contributed by atoms with Gasteiger partial charge in [-0.25, -0.2) is 4.98 Å². The lowest BCUT2D eigenvalue weighted by Crippen LogP contribution is -2.36. The first-order valence-electron chi connectivity index (χ1n) is 8.87. The molecular formula is C20H19F3N4O3. The summed E-state index contributed by atoms with van der Waals surface area (Å²) in [6.45, 7) is -0.570. The van der Waals surface area contributed by atoms with Crippen LogP contribution >= 0.6 is 0 Å². The lowest BCUT2D eigenvalue weighted by Gasteiger charge is -2.20. The van der Waals surface area contributed by atoms with Crippen molar-refractivity contribution < 1.29 is 22.7 Å². The summed E-state index contributed by atoms with van der Waals surface area (Å²) in [7, 11) is 3.28. The van der Waals surface area contributed by atoms with E-state index in [1.807, 2.05) is 0 Å². The molecule has 1 N–H and O–H groups in total. The fourth-order valence-corrected chi connectivity index (χ4v) is 2.93. The molecule has 158 valence electrons. The first kappa shape index (κ1) is 21.2. The van der Waals surface area contributed by atoms with Crippen molar-refractivity contribution in [2.45, 2.75) is 18.8 Å². The van der Waals surface area contributed by atoms with E-state index in [-0.39, 0.29) is 0 Å². The Morgan fingerprint density at radius 3 is 2.47 bits per heavy atom. The van der Waals surface area contributed by atoms with Gasteiger partial charge in [-0.1, -0.05) is 12.1 Å². The highest BCUT2D eigenvalue weighted by atomic mass is 19.4. The van der Waals surface area contributed by atoms with E-state index in [1.165, 1.54) is 7.11 Å². The second-order valence-corrected chi connectivity index (χ2v) is 6.55. The SMILES string of the molecule is COc1ccc(C(NC(=O)Cn2cc(C(F)(F)F)ccc2=O)c2nccn2C)cc1. The topological polar surface area (TPSA) is 78.2 Å². The summed E-state index contributed by atoms with van der Waals surface area (Å²) >= 11 is 0. The number of halogens is 3. The predicted molar refractivity (Wildman–Crippen MR) is 102 cm³/mol. The number of rotatable bonds is 6. The number of methoxy groups -OCH3 is 1. The molecule has 1 aromatic carbocycles. The Kier molecular flexibility index (Phi) is 5.95. The van der Waals surface area contributed by atoms with Gasteiger partial charge in [0.15, 0.2) is 0 Å². The van der Waals surface area contributed by atoms with Crippen LogP contribution in [0, 0.1) is 0 Å². The monoisotopic (exact) mass is 420 g/mol. The second kappa shape index (κ2) is 8.44. The summed E-state index contributed by atoms with van der Waals surface area (Å²) in [5.41, 5.74) is -1.03. The van der Waals surface area contributed by atoms with Gasteiger partial charge >= 0.3 is 6.18 Å². The maximum Gasteiger partial charge on any atom is 0.417 e. The average molecular weight is 420 g/mol. The lowest BCUT2D eigenvalue weighted by atomic mass is 10.1. The van der Waals surface area contributed by atoms with Crippen LogP contribution in [0.3, 0.4) is 0 Å². The number of benzene rings is 1. The summed E-state index contributed by atoms with van der Waals surface area (Å²) < 4.78 is 46.3. The number of carbonyl (C=O) groups excluding carboxylic acids is 1. The molecule has 0 saturated heterocycles. The molecule has 0 fully saturated rings. The number of hydrogen-bond donors (Lipinski definition) is 1. The summed E-state index contributed by atoms with van der Waals surface area (Å²) in [6, 6.07) is 7.72. The van der Waals surface area contributed by atoms with Crippen molar-refractivity contribution in [1.82, 2.24) is 19.4 Å². The molecule has 0 aliphatic carbocycles. The van der Waals surface area contributed by atoms with E-state index in [0.717, 1.165) is 10.6 Å². The van der Waals surface area contributed by atoms with Gasteiger partial charge in [-0.3, -0.25) is 9.59 Å². The fraction of sp³-hybridized carbons (Fsp3) is 0.250. The molecule has 3 rings (SSSR count). The molecule has 0 aliphatic rings. The standard InChI is InChI=1S/C20H19F3N4O3/c1-26-10-9-24-19(26)18(13-3-6-15(30-2)7-4-13)25-16(28)12-27-11-14(20(21,22)23)5-8-17(27)29/h3-11,18H,12H2,1-2H3,(H,25,28). The Labute approximate surface area is 169 Å². The zero-order valence-electron chi connectivity index (χ0n) is 16.2. The van der Waals surface area contributed by atoms with Crippen LogP contribution in [0.25, 0.3) is 0 Å². The van der Waals surface area contributed by atoms with E-state index in [1.54, 1.807) is 48.3 Å². The van der Waals surface area contributed by atoms with Gasteiger partial charge in [-0.15, -0.1) is 0 Å². The van der Waals surface area contributed by atoms with Crippen LogP contribution in [0.5, 0.6) is 5.75 Å². The smallest absolute Gasteiger partial charge is 0.417 e. The van der Waals surface area contributed by atoms with Crippen molar-refractivity contribution in [2.75, 3.05) is 7.11 Å². The molecule has 0 aliphatic heterocycles. The van der Waals surface area contributed by atoms with Gasteiger partial charge in [0.05, 0.1) is 12.7 Å². The summed E-state index contributed by atoms with van der Waals surface area (Å²) in [4.78, 5) is 28.8. The first-order valence-corrected chi connectivity index (χ1v) is 8.87. The number of nitrogens with one attached hydrogen (secondary N) is 1. The lowest BCUT2D eigenvalue weighted by molar-refractivity contribution is -0.138. The Hall–Kier alpha value is -3.56. The highest BCUT2D eigenvalue weighted by molar-refractivity contribution is 5.76. The number of nitrogens with zero attached hydrogens (tertiary/aromatic N) is 3. The van der Waals surface area contributed by atoms with Gasteiger partial charge in [0.2, 0.25) is 5.91 Å². The average Bonchev–Trinajstić information content (AvgIpc) is 3.12. The number of aromatic nitrogens is 3. The largest absolute Gasteiger partial charge is 0.497 e. The summed E-state index contributed by atoms with van der Waals surface area (Å²) in [5, 5.41) is 2.74. The van der Waals surface area contributed by atoms with Crippen molar-refractivity contribution in [3.05, 3.63) is 82.3 Å². The quantitative estimate of drug-likeness (QED) is 0.665. The van der Waals surface area contributed by atoms with E-state index in [2.05, 4.69) is 10.3 Å². The maximum absolute atomic E-state index is 12.9. The minimum atomic E-state index is -4.62. The molecule has 1 unspecified atom stereocenters. The third-order valence-electron chi connectivity index (χ3n) is 4.50. The third-order valence-corrected chi connectivity index (χ3v) is 4.50. The number of hydrogen-bond acceptors (Lipinski definition) is 4. The van der Waals surface area contributed by atoms with Gasteiger partial charge in [-0.2, -0.15) is 13.2 Å². The number of imidazole rings is 1. The molecule has 0 spiro atoms. The second-order valence-electron chi connectivity index (χ2n) is 6.55. The van der Waals surface area contributed by atoms with Crippen molar-refractivity contribution in [3.63, 3.8) is 0 Å². The zero-order valence-corrected chi connectivity index (χ0v) is 16.2. The van der Waals surface area contributed by atoms with Gasteiger partial charge < -0.3 is 19.2 Å². The van der Waals surface area contributed by atoms with Crippen LogP contribution in [0.4, 0.5) is 13.2 Å². The first-order chi connectivity index (χ1) is 14.2. The highest BCUT2D eigenvalue weighted by Crippen LogP contribution is 2.28. The number of aryl methyl sites for hydroxylation is 1. The van der Waals surface area contributed by atoms with E-state index in [9.17, 15) is 22.8 Å². The normalized spacial score (nSPS) is 12.4. The van der Waals surface area contributed by atoms with Crippen LogP contribution < -0.4 is 15.6 Å². The fourth-order valence-electron chi connectivity index (χ4n) is 2.93. The molecule has 0 saturated carbocycles. The molecule has 2 aromatic heterocycles. The predicted octanol–water partition coefficient (Wildman–Crippen LogP) is 2.52. The van der Waals surface area contributed by atoms with Crippen LogP contribution in [0.15, 0.2) is 59.8 Å². The van der Waals surface area contributed by atoms with E-state index < -0.39 is 35.8 Å². The number of pyridine rings is 1. The van der Waals surface area contributed by atoms with Gasteiger partial charge in [-0.05, 0) is 23.8 Å². The van der Waals surface area contributed by atoms with Crippen LogP contribution in [0.2, 0.25) is 0 Å². The molecule has 0 bridgehead atoms. The van der Waals surface area contributed by atoms with Crippen molar-refractivity contribution in [2.24, 2.45) is 7.05 Å². The number of alkyl halides is 3. The number of ether oxygens (including phenoxy) is 1. The van der Waals surface area contributed by atoms with E-state index in [0.29, 0.717) is 29.4 Å².